The molecule has 2 heterocycles. The first-order valence-electron chi connectivity index (χ1n) is 11.9. The number of anilines is 3. The van der Waals surface area contributed by atoms with Gasteiger partial charge in [0, 0.05) is 24.8 Å². The third-order valence-electron chi connectivity index (χ3n) is 5.99. The summed E-state index contributed by atoms with van der Waals surface area (Å²) in [5, 5.41) is 6.81. The third-order valence-corrected chi connectivity index (χ3v) is 7.47. The lowest BCUT2D eigenvalue weighted by molar-refractivity contribution is 0.461. The second kappa shape index (κ2) is 10.5. The Morgan fingerprint density at radius 2 is 1.82 bits per heavy atom. The van der Waals surface area contributed by atoms with Gasteiger partial charge in [-0.25, -0.2) is 18.1 Å². The summed E-state index contributed by atoms with van der Waals surface area (Å²) in [4.78, 5) is 14.2. The molecule has 1 aliphatic rings. The number of sulfonamides is 1. The Morgan fingerprint density at radius 3 is 2.52 bits per heavy atom. The van der Waals surface area contributed by atoms with Gasteiger partial charge in [-0.2, -0.15) is 9.97 Å². The van der Waals surface area contributed by atoms with Crippen molar-refractivity contribution in [1.82, 2.24) is 24.2 Å². The van der Waals surface area contributed by atoms with E-state index >= 15 is 0 Å². The van der Waals surface area contributed by atoms with Gasteiger partial charge in [0.2, 0.25) is 16.0 Å². The number of hydrogen-bond acceptors (Lipinski definition) is 7. The Morgan fingerprint density at radius 1 is 1.06 bits per heavy atom. The number of aryl methyl sites for hydroxylation is 1. The summed E-state index contributed by atoms with van der Waals surface area (Å²) in [5.41, 5.74) is 2.19. The molecule has 1 fully saturated rings. The highest BCUT2D eigenvalue weighted by molar-refractivity contribution is 7.89. The van der Waals surface area contributed by atoms with Crippen molar-refractivity contribution in [2.75, 3.05) is 17.2 Å². The molecule has 178 valence electrons. The Bertz CT molecular complexity index is 1170. The van der Waals surface area contributed by atoms with Crippen LogP contribution in [0, 0.1) is 0 Å². The highest BCUT2D eigenvalue weighted by Gasteiger charge is 2.18. The van der Waals surface area contributed by atoms with Gasteiger partial charge < -0.3 is 15.2 Å². The summed E-state index contributed by atoms with van der Waals surface area (Å²) in [6, 6.07) is 7.06. The van der Waals surface area contributed by atoms with Gasteiger partial charge in [0.25, 0.3) is 0 Å². The van der Waals surface area contributed by atoms with Crippen molar-refractivity contribution in [3.63, 3.8) is 0 Å². The van der Waals surface area contributed by atoms with E-state index in [-0.39, 0.29) is 4.90 Å². The van der Waals surface area contributed by atoms with Crippen LogP contribution in [0.2, 0.25) is 0 Å². The topological polar surface area (TPSA) is 114 Å². The van der Waals surface area contributed by atoms with Gasteiger partial charge in [-0.15, -0.1) is 0 Å². The second-order valence-electron chi connectivity index (χ2n) is 8.48. The van der Waals surface area contributed by atoms with E-state index < -0.39 is 10.0 Å². The van der Waals surface area contributed by atoms with Crippen molar-refractivity contribution >= 4 is 38.6 Å². The second-order valence-corrected chi connectivity index (χ2v) is 10.2. The molecular formula is C23H33N7O2S. The van der Waals surface area contributed by atoms with Crippen LogP contribution in [0.25, 0.3) is 11.2 Å². The number of imidazole rings is 1. The minimum atomic E-state index is -3.51. The van der Waals surface area contributed by atoms with Crippen molar-refractivity contribution in [3.05, 3.63) is 30.6 Å². The molecule has 0 radical (unpaired) electrons. The van der Waals surface area contributed by atoms with Crippen LogP contribution in [0.15, 0.2) is 35.5 Å². The Hall–Kier alpha value is -2.72. The summed E-state index contributed by atoms with van der Waals surface area (Å²) in [7, 11) is -3.51. The molecule has 1 aromatic carbocycles. The van der Waals surface area contributed by atoms with Crippen molar-refractivity contribution in [2.45, 2.75) is 76.3 Å². The molecule has 0 saturated heterocycles. The maximum atomic E-state index is 12.4. The van der Waals surface area contributed by atoms with E-state index in [1.165, 1.54) is 19.3 Å². The first-order valence-corrected chi connectivity index (χ1v) is 13.3. The average Bonchev–Trinajstić information content (AvgIpc) is 3.23. The molecule has 0 aliphatic heterocycles. The van der Waals surface area contributed by atoms with Gasteiger partial charge in [0.15, 0.2) is 17.0 Å². The van der Waals surface area contributed by atoms with E-state index in [4.69, 9.17) is 9.97 Å². The van der Waals surface area contributed by atoms with E-state index in [1.54, 1.807) is 30.6 Å². The fourth-order valence-corrected chi connectivity index (χ4v) is 5.15. The van der Waals surface area contributed by atoms with E-state index in [0.29, 0.717) is 29.9 Å². The maximum Gasteiger partial charge on any atom is 0.240 e. The number of rotatable bonds is 10. The smallest absolute Gasteiger partial charge is 0.240 e. The van der Waals surface area contributed by atoms with Gasteiger partial charge in [0.1, 0.15) is 0 Å². The number of aromatic nitrogens is 4. The standard InChI is InChI=1S/C23H33N7O2S/c1-3-5-15-25-33(31,32)19-13-11-18(12-14-19)26-21-20-22(30(4-2)16-24-20)29-23(28-21)27-17-9-7-6-8-10-17/h11-14,16-17,25H,3-10,15H2,1-2H3,(H2,26,27,28,29). The van der Waals surface area contributed by atoms with Crippen molar-refractivity contribution in [1.29, 1.82) is 0 Å². The lowest BCUT2D eigenvalue weighted by Gasteiger charge is -2.23. The van der Waals surface area contributed by atoms with Crippen molar-refractivity contribution < 1.29 is 8.42 Å². The maximum absolute atomic E-state index is 12.4. The fraction of sp³-hybridized carbons (Fsp3) is 0.522. The zero-order chi connectivity index (χ0) is 23.3. The monoisotopic (exact) mass is 471 g/mol. The van der Waals surface area contributed by atoms with Gasteiger partial charge in [-0.3, -0.25) is 0 Å². The summed E-state index contributed by atoms with van der Waals surface area (Å²) in [6.07, 6.45) is 9.49. The van der Waals surface area contributed by atoms with Crippen LogP contribution in [0.5, 0.6) is 0 Å². The molecule has 0 unspecified atom stereocenters. The molecule has 4 rings (SSSR count). The van der Waals surface area contributed by atoms with E-state index in [1.807, 2.05) is 11.5 Å². The zero-order valence-electron chi connectivity index (χ0n) is 19.3. The molecule has 2 aromatic heterocycles. The van der Waals surface area contributed by atoms with Crippen molar-refractivity contribution in [3.8, 4) is 0 Å². The van der Waals surface area contributed by atoms with Gasteiger partial charge in [-0.05, 0) is 50.5 Å². The minimum absolute atomic E-state index is 0.243. The first kappa shape index (κ1) is 23.4. The lowest BCUT2D eigenvalue weighted by Crippen LogP contribution is -2.24. The summed E-state index contributed by atoms with van der Waals surface area (Å²) >= 11 is 0. The molecule has 33 heavy (non-hydrogen) atoms. The van der Waals surface area contributed by atoms with Gasteiger partial charge in [-0.1, -0.05) is 32.6 Å². The SMILES string of the molecule is CCCCNS(=O)(=O)c1ccc(Nc2nc(NC3CCCCC3)nc3c2ncn3CC)cc1. The zero-order valence-corrected chi connectivity index (χ0v) is 20.2. The highest BCUT2D eigenvalue weighted by atomic mass is 32.2. The third kappa shape index (κ3) is 5.62. The van der Waals surface area contributed by atoms with Gasteiger partial charge in [0.05, 0.1) is 11.2 Å². The summed E-state index contributed by atoms with van der Waals surface area (Å²) in [5.74, 6) is 1.19. The van der Waals surface area contributed by atoms with Crippen LogP contribution in [0.3, 0.4) is 0 Å². The quantitative estimate of drug-likeness (QED) is 0.375. The largest absolute Gasteiger partial charge is 0.351 e. The number of hydrogen-bond donors (Lipinski definition) is 3. The van der Waals surface area contributed by atoms with Crippen molar-refractivity contribution in [2.24, 2.45) is 0 Å². The average molecular weight is 472 g/mol. The molecule has 10 heteroatoms. The number of nitrogens with zero attached hydrogens (tertiary/aromatic N) is 4. The molecule has 1 saturated carbocycles. The Labute approximate surface area is 195 Å². The summed E-state index contributed by atoms with van der Waals surface area (Å²) in [6.45, 7) is 5.28. The fourth-order valence-electron chi connectivity index (χ4n) is 4.08. The molecule has 9 nitrogen and oxygen atoms in total. The molecule has 0 spiro atoms. The number of benzene rings is 1. The van der Waals surface area contributed by atoms with Crippen LogP contribution < -0.4 is 15.4 Å². The van der Waals surface area contributed by atoms with E-state index in [0.717, 1.165) is 43.6 Å². The Balaban J connectivity index is 1.57. The van der Waals surface area contributed by atoms with Crippen LogP contribution >= 0.6 is 0 Å². The van der Waals surface area contributed by atoms with Crippen LogP contribution in [0.1, 0.15) is 58.8 Å². The molecule has 0 bridgehead atoms. The minimum Gasteiger partial charge on any atom is -0.351 e. The predicted molar refractivity (Wildman–Crippen MR) is 131 cm³/mol. The summed E-state index contributed by atoms with van der Waals surface area (Å²) < 4.78 is 29.5. The Kier molecular flexibility index (Phi) is 7.44. The number of fused-ring (bicyclic) bond motifs is 1. The lowest BCUT2D eigenvalue weighted by atomic mass is 9.96. The molecule has 0 atom stereocenters. The molecule has 3 aromatic rings. The number of unbranched alkanes of at least 4 members (excludes halogenated alkanes) is 1. The molecule has 3 N–H and O–H groups in total. The van der Waals surface area contributed by atoms with Crippen LogP contribution in [0.4, 0.5) is 17.5 Å². The molecular weight excluding hydrogens is 438 g/mol. The van der Waals surface area contributed by atoms with E-state index in [9.17, 15) is 8.42 Å². The normalized spacial score (nSPS) is 15.1. The van der Waals surface area contributed by atoms with Gasteiger partial charge >= 0.3 is 0 Å². The first-order chi connectivity index (χ1) is 16.0. The van der Waals surface area contributed by atoms with Crippen LogP contribution in [-0.4, -0.2) is 40.5 Å². The number of nitrogens with one attached hydrogen (secondary N) is 3. The van der Waals surface area contributed by atoms with Crippen LogP contribution in [-0.2, 0) is 16.6 Å². The highest BCUT2D eigenvalue weighted by Crippen LogP contribution is 2.27. The predicted octanol–water partition coefficient (Wildman–Crippen LogP) is 4.41. The molecule has 0 amide bonds. The van der Waals surface area contributed by atoms with E-state index in [2.05, 4.69) is 27.3 Å². The molecule has 1 aliphatic carbocycles.